The molecule has 0 saturated carbocycles. The van der Waals surface area contributed by atoms with Crippen LogP contribution < -0.4 is 5.32 Å². The SMILES string of the molecule is COC(=O)c1cc2sc(C)cc2n1CC(=O)Nc1cccc(SC)c1. The van der Waals surface area contributed by atoms with Gasteiger partial charge in [-0.25, -0.2) is 4.79 Å². The number of amides is 1. The fourth-order valence-electron chi connectivity index (χ4n) is 2.65. The summed E-state index contributed by atoms with van der Waals surface area (Å²) in [6, 6.07) is 11.4. The van der Waals surface area contributed by atoms with Crippen molar-refractivity contribution in [2.75, 3.05) is 18.7 Å². The second-order valence-electron chi connectivity index (χ2n) is 5.49. The first kappa shape index (κ1) is 17.6. The number of nitrogens with zero attached hydrogens (tertiary/aromatic N) is 1. The number of carbonyl (C=O) groups excluding carboxylic acids is 2. The predicted octanol–water partition coefficient (Wildman–Crippen LogP) is 4.16. The van der Waals surface area contributed by atoms with Gasteiger partial charge < -0.3 is 14.6 Å². The maximum absolute atomic E-state index is 12.5. The Morgan fingerprint density at radius 1 is 1.28 bits per heavy atom. The number of hydrogen-bond donors (Lipinski definition) is 1. The third-order valence-electron chi connectivity index (χ3n) is 3.76. The Kier molecular flexibility index (Phi) is 5.15. The zero-order chi connectivity index (χ0) is 18.0. The molecule has 2 heterocycles. The van der Waals surface area contributed by atoms with Crippen LogP contribution in [0.1, 0.15) is 15.4 Å². The van der Waals surface area contributed by atoms with Gasteiger partial charge in [-0.2, -0.15) is 0 Å². The Morgan fingerprint density at radius 2 is 2.08 bits per heavy atom. The highest BCUT2D eigenvalue weighted by molar-refractivity contribution is 7.98. The summed E-state index contributed by atoms with van der Waals surface area (Å²) in [5.41, 5.74) is 1.99. The molecule has 0 atom stereocenters. The lowest BCUT2D eigenvalue weighted by Crippen LogP contribution is -2.21. The summed E-state index contributed by atoms with van der Waals surface area (Å²) in [6.07, 6.45) is 1.99. The van der Waals surface area contributed by atoms with E-state index in [0.29, 0.717) is 5.69 Å². The first-order valence-electron chi connectivity index (χ1n) is 7.63. The number of thioether (sulfide) groups is 1. The first-order chi connectivity index (χ1) is 12.0. The molecule has 5 nitrogen and oxygen atoms in total. The molecule has 0 aliphatic carbocycles. The summed E-state index contributed by atoms with van der Waals surface area (Å²) in [7, 11) is 1.34. The van der Waals surface area contributed by atoms with Crippen LogP contribution in [0.5, 0.6) is 0 Å². The molecule has 1 N–H and O–H groups in total. The van der Waals surface area contributed by atoms with Gasteiger partial charge >= 0.3 is 5.97 Å². The Morgan fingerprint density at radius 3 is 2.80 bits per heavy atom. The fraction of sp³-hybridized carbons (Fsp3) is 0.222. The molecule has 130 valence electrons. The highest BCUT2D eigenvalue weighted by Gasteiger charge is 2.19. The number of ether oxygens (including phenoxy) is 1. The van der Waals surface area contributed by atoms with Crippen LogP contribution in [0.4, 0.5) is 5.69 Å². The van der Waals surface area contributed by atoms with Crippen LogP contribution in [0.15, 0.2) is 41.3 Å². The van der Waals surface area contributed by atoms with E-state index in [2.05, 4.69) is 5.32 Å². The van der Waals surface area contributed by atoms with Gasteiger partial charge in [0.2, 0.25) is 5.91 Å². The van der Waals surface area contributed by atoms with Crippen molar-refractivity contribution >= 4 is 50.9 Å². The van der Waals surface area contributed by atoms with E-state index in [1.54, 1.807) is 33.7 Å². The number of thiophene rings is 1. The molecule has 0 saturated heterocycles. The van der Waals surface area contributed by atoms with E-state index in [-0.39, 0.29) is 12.5 Å². The third kappa shape index (κ3) is 3.72. The van der Waals surface area contributed by atoms with Crippen molar-refractivity contribution in [3.05, 3.63) is 47.0 Å². The molecule has 0 aliphatic rings. The van der Waals surface area contributed by atoms with Gasteiger partial charge in [0.1, 0.15) is 12.2 Å². The minimum absolute atomic E-state index is 0.0492. The van der Waals surface area contributed by atoms with Crippen LogP contribution in [0.3, 0.4) is 0 Å². The molecular weight excluding hydrogens is 356 g/mol. The van der Waals surface area contributed by atoms with Crippen LogP contribution in [0, 0.1) is 6.92 Å². The summed E-state index contributed by atoms with van der Waals surface area (Å²) < 4.78 is 7.52. The van der Waals surface area contributed by atoms with Gasteiger partial charge in [-0.05, 0) is 43.5 Å². The number of rotatable bonds is 5. The molecule has 3 rings (SSSR count). The van der Waals surface area contributed by atoms with Crippen molar-refractivity contribution < 1.29 is 14.3 Å². The summed E-state index contributed by atoms with van der Waals surface area (Å²) in [5.74, 6) is -0.636. The van der Waals surface area contributed by atoms with Crippen molar-refractivity contribution in [3.8, 4) is 0 Å². The van der Waals surface area contributed by atoms with Gasteiger partial charge in [-0.15, -0.1) is 23.1 Å². The van der Waals surface area contributed by atoms with Crippen LogP contribution in [-0.2, 0) is 16.1 Å². The van der Waals surface area contributed by atoms with Crippen LogP contribution in [0.2, 0.25) is 0 Å². The Balaban J connectivity index is 1.87. The van der Waals surface area contributed by atoms with E-state index in [9.17, 15) is 9.59 Å². The fourth-order valence-corrected chi connectivity index (χ4v) is 4.08. The zero-order valence-corrected chi connectivity index (χ0v) is 15.8. The van der Waals surface area contributed by atoms with E-state index in [0.717, 1.165) is 25.7 Å². The molecule has 3 aromatic rings. The molecule has 1 amide bonds. The number of carbonyl (C=O) groups is 2. The van der Waals surface area contributed by atoms with E-state index in [1.807, 2.05) is 43.5 Å². The summed E-state index contributed by atoms with van der Waals surface area (Å²) in [4.78, 5) is 26.7. The standard InChI is InChI=1S/C18H18N2O3S2/c1-11-7-14-16(25-11)9-15(18(22)23-2)20(14)10-17(21)19-12-5-4-6-13(8-12)24-3/h4-9H,10H2,1-3H3,(H,19,21). The number of methoxy groups -OCH3 is 1. The van der Waals surface area contributed by atoms with Crippen molar-refractivity contribution in [3.63, 3.8) is 0 Å². The Hall–Kier alpha value is -2.25. The molecule has 1 aromatic carbocycles. The number of nitrogens with one attached hydrogen (secondary N) is 1. The number of hydrogen-bond acceptors (Lipinski definition) is 5. The average Bonchev–Trinajstić information content (AvgIpc) is 3.11. The normalized spacial score (nSPS) is 10.8. The molecule has 2 aromatic heterocycles. The van der Waals surface area contributed by atoms with E-state index in [4.69, 9.17) is 4.74 Å². The first-order valence-corrected chi connectivity index (χ1v) is 9.68. The lowest BCUT2D eigenvalue weighted by molar-refractivity contribution is -0.116. The average molecular weight is 374 g/mol. The molecule has 0 spiro atoms. The second-order valence-corrected chi connectivity index (χ2v) is 7.66. The molecule has 0 aliphatic heterocycles. The Labute approximate surface area is 154 Å². The summed E-state index contributed by atoms with van der Waals surface area (Å²) in [6.45, 7) is 2.05. The van der Waals surface area contributed by atoms with Gasteiger partial charge in [0, 0.05) is 15.5 Å². The van der Waals surface area contributed by atoms with Gasteiger partial charge in [0.05, 0.1) is 17.3 Å². The molecular formula is C18H18N2O3S2. The molecule has 0 unspecified atom stereocenters. The number of anilines is 1. The largest absolute Gasteiger partial charge is 0.464 e. The number of aromatic nitrogens is 1. The van der Waals surface area contributed by atoms with Crippen molar-refractivity contribution in [2.24, 2.45) is 0 Å². The maximum Gasteiger partial charge on any atom is 0.354 e. The molecule has 0 bridgehead atoms. The second kappa shape index (κ2) is 7.33. The lowest BCUT2D eigenvalue weighted by atomic mass is 10.3. The lowest BCUT2D eigenvalue weighted by Gasteiger charge is -2.10. The third-order valence-corrected chi connectivity index (χ3v) is 5.47. The van der Waals surface area contributed by atoms with Gasteiger partial charge in [0.15, 0.2) is 0 Å². The number of esters is 1. The number of benzene rings is 1. The topological polar surface area (TPSA) is 60.3 Å². The van der Waals surface area contributed by atoms with Gasteiger partial charge in [-0.3, -0.25) is 4.79 Å². The van der Waals surface area contributed by atoms with E-state index in [1.165, 1.54) is 7.11 Å². The van der Waals surface area contributed by atoms with Crippen molar-refractivity contribution in [2.45, 2.75) is 18.4 Å². The van der Waals surface area contributed by atoms with Crippen molar-refractivity contribution in [1.29, 1.82) is 0 Å². The molecule has 7 heteroatoms. The van der Waals surface area contributed by atoms with Crippen LogP contribution in [-0.4, -0.2) is 29.8 Å². The summed E-state index contributed by atoms with van der Waals surface area (Å²) in [5, 5.41) is 2.89. The number of fused-ring (bicyclic) bond motifs is 1. The van der Waals surface area contributed by atoms with E-state index >= 15 is 0 Å². The molecule has 0 radical (unpaired) electrons. The molecule has 0 fully saturated rings. The summed E-state index contributed by atoms with van der Waals surface area (Å²) >= 11 is 3.20. The Bertz CT molecular complexity index is 943. The van der Waals surface area contributed by atoms with Gasteiger partial charge in [-0.1, -0.05) is 6.07 Å². The van der Waals surface area contributed by atoms with Crippen LogP contribution in [0.25, 0.3) is 10.2 Å². The monoisotopic (exact) mass is 374 g/mol. The quantitative estimate of drug-likeness (QED) is 0.538. The predicted molar refractivity (Wildman–Crippen MR) is 103 cm³/mol. The van der Waals surface area contributed by atoms with E-state index < -0.39 is 5.97 Å². The molecule has 25 heavy (non-hydrogen) atoms. The smallest absolute Gasteiger partial charge is 0.354 e. The minimum atomic E-state index is -0.446. The maximum atomic E-state index is 12.5. The van der Waals surface area contributed by atoms with Gasteiger partial charge in [0.25, 0.3) is 0 Å². The van der Waals surface area contributed by atoms with Crippen molar-refractivity contribution in [1.82, 2.24) is 4.57 Å². The highest BCUT2D eigenvalue weighted by Crippen LogP contribution is 2.29. The highest BCUT2D eigenvalue weighted by atomic mass is 32.2. The van der Waals surface area contributed by atoms with Crippen LogP contribution >= 0.6 is 23.1 Å². The zero-order valence-electron chi connectivity index (χ0n) is 14.2. The minimum Gasteiger partial charge on any atom is -0.464 e. The number of aryl methyl sites for hydroxylation is 1.